The third-order valence-corrected chi connectivity index (χ3v) is 12.2. The van der Waals surface area contributed by atoms with Crippen molar-refractivity contribution >= 4 is 0 Å². The van der Waals surface area contributed by atoms with Crippen LogP contribution in [-0.4, -0.2) is 15.0 Å². The van der Waals surface area contributed by atoms with Crippen molar-refractivity contribution in [2.24, 2.45) is 0 Å². The number of fused-ring (bicyclic) bond motifs is 6. The lowest BCUT2D eigenvalue weighted by Gasteiger charge is -2.22. The van der Waals surface area contributed by atoms with Crippen LogP contribution in [-0.2, 0) is 11.8 Å². The summed E-state index contributed by atoms with van der Waals surface area (Å²) >= 11 is 0. The molecule has 0 spiro atoms. The Morgan fingerprint density at radius 1 is 0.322 bits per heavy atom. The maximum absolute atomic E-state index is 5.05. The Labute approximate surface area is 346 Å². The third kappa shape index (κ3) is 6.09. The van der Waals surface area contributed by atoms with E-state index in [1.54, 1.807) is 0 Å². The quantitative estimate of drug-likeness (QED) is 0.170. The van der Waals surface area contributed by atoms with Crippen LogP contribution < -0.4 is 0 Å². The van der Waals surface area contributed by atoms with E-state index in [0.717, 1.165) is 28.7 Å². The molecule has 0 unspecified atom stereocenters. The van der Waals surface area contributed by atoms with Gasteiger partial charge in [0.05, 0.1) is 0 Å². The van der Waals surface area contributed by atoms with Crippen molar-refractivity contribution < 1.29 is 0 Å². The fourth-order valence-corrected chi connectivity index (χ4v) is 9.27. The Balaban J connectivity index is 0.00000420. The molecule has 0 atom stereocenters. The van der Waals surface area contributed by atoms with Crippen LogP contribution in [0.1, 0.15) is 43.5 Å². The topological polar surface area (TPSA) is 38.7 Å². The van der Waals surface area contributed by atoms with E-state index in [1.807, 2.05) is 36.4 Å². The molecule has 2 aliphatic rings. The molecular formula is C56H43N3. The van der Waals surface area contributed by atoms with E-state index in [1.165, 1.54) is 72.3 Å². The first-order valence-corrected chi connectivity index (χ1v) is 20.1. The maximum Gasteiger partial charge on any atom is 0.164 e. The second kappa shape index (κ2) is 14.3. The summed E-state index contributed by atoms with van der Waals surface area (Å²) in [7, 11) is 0. The number of hydrogen-bond acceptors (Lipinski definition) is 3. The minimum absolute atomic E-state index is 0. The van der Waals surface area contributed by atoms with E-state index in [-0.39, 0.29) is 12.8 Å². The fraction of sp³-hybridized carbons (Fsp3) is 0.0893. The smallest absolute Gasteiger partial charge is 0.164 e. The van der Waals surface area contributed by atoms with Crippen LogP contribution in [0.2, 0.25) is 0 Å². The molecule has 0 saturated carbocycles. The van der Waals surface area contributed by atoms with E-state index < -0.39 is 0 Å². The second-order valence-corrected chi connectivity index (χ2v) is 16.0. The third-order valence-electron chi connectivity index (χ3n) is 12.2. The van der Waals surface area contributed by atoms with Crippen LogP contribution in [0.4, 0.5) is 0 Å². The molecule has 59 heavy (non-hydrogen) atoms. The monoisotopic (exact) mass is 757 g/mol. The van der Waals surface area contributed by atoms with Crippen LogP contribution >= 0.6 is 0 Å². The minimum Gasteiger partial charge on any atom is -0.208 e. The van der Waals surface area contributed by atoms with Crippen LogP contribution in [0, 0.1) is 0 Å². The van der Waals surface area contributed by atoms with Crippen LogP contribution in [0.15, 0.2) is 188 Å². The molecule has 1 heterocycles. The van der Waals surface area contributed by atoms with Gasteiger partial charge in [-0.1, -0.05) is 185 Å². The van der Waals surface area contributed by atoms with Gasteiger partial charge >= 0.3 is 0 Å². The summed E-state index contributed by atoms with van der Waals surface area (Å²) in [4.78, 5) is 15.0. The number of aromatic nitrogens is 3. The molecule has 8 aromatic carbocycles. The highest BCUT2D eigenvalue weighted by Gasteiger charge is 2.36. The number of benzene rings is 8. The zero-order valence-corrected chi connectivity index (χ0v) is 32.4. The largest absolute Gasteiger partial charge is 0.208 e. The average Bonchev–Trinajstić information content (AvgIpc) is 3.78. The normalized spacial score (nSPS) is 12.8. The first-order valence-electron chi connectivity index (χ1n) is 20.1. The van der Waals surface area contributed by atoms with Crippen molar-refractivity contribution in [1.29, 1.82) is 0 Å². The van der Waals surface area contributed by atoms with Crippen LogP contribution in [0.25, 0.3) is 89.8 Å². The molecule has 0 radical (unpaired) electrons. The highest BCUT2D eigenvalue weighted by Crippen LogP contribution is 2.52. The first-order chi connectivity index (χ1) is 28.5. The Hall–Kier alpha value is -7.23. The van der Waals surface area contributed by atoms with Gasteiger partial charge in [-0.25, -0.2) is 15.0 Å². The van der Waals surface area contributed by atoms with Gasteiger partial charge in [-0.3, -0.25) is 0 Å². The molecule has 2 aliphatic carbocycles. The van der Waals surface area contributed by atoms with Crippen LogP contribution in [0.3, 0.4) is 0 Å². The molecule has 1 aromatic heterocycles. The number of hydrogen-bond donors (Lipinski definition) is 0. The molecule has 9 aromatic rings. The van der Waals surface area contributed by atoms with Crippen molar-refractivity contribution in [2.45, 2.75) is 33.1 Å². The number of nitrogens with zero attached hydrogens (tertiary/aromatic N) is 3. The van der Waals surface area contributed by atoms with Gasteiger partial charge in [0, 0.05) is 22.1 Å². The molecule has 0 bridgehead atoms. The summed E-state index contributed by atoms with van der Waals surface area (Å²) < 4.78 is 0. The Morgan fingerprint density at radius 2 is 0.797 bits per heavy atom. The van der Waals surface area contributed by atoms with Gasteiger partial charge in [0.1, 0.15) is 0 Å². The van der Waals surface area contributed by atoms with Crippen molar-refractivity contribution in [1.82, 2.24) is 15.0 Å². The van der Waals surface area contributed by atoms with E-state index in [4.69, 9.17) is 15.0 Å². The van der Waals surface area contributed by atoms with Gasteiger partial charge in [-0.2, -0.15) is 0 Å². The molecule has 3 nitrogen and oxygen atoms in total. The lowest BCUT2D eigenvalue weighted by Crippen LogP contribution is -2.14. The second-order valence-electron chi connectivity index (χ2n) is 16.0. The summed E-state index contributed by atoms with van der Waals surface area (Å²) in [5.74, 6) is 1.97. The molecule has 0 amide bonds. The summed E-state index contributed by atoms with van der Waals surface area (Å²) in [5.41, 5.74) is 21.0. The van der Waals surface area contributed by atoms with Gasteiger partial charge in [0.25, 0.3) is 0 Å². The Morgan fingerprint density at radius 3 is 1.49 bits per heavy atom. The summed E-state index contributed by atoms with van der Waals surface area (Å²) in [6, 6.07) is 67.5. The van der Waals surface area contributed by atoms with Crippen molar-refractivity contribution in [3.8, 4) is 89.8 Å². The average molecular weight is 758 g/mol. The minimum atomic E-state index is -0.0778. The first kappa shape index (κ1) is 36.1. The summed E-state index contributed by atoms with van der Waals surface area (Å²) in [5, 5.41) is 0. The van der Waals surface area contributed by atoms with Gasteiger partial charge in [-0.15, -0.1) is 0 Å². The zero-order chi connectivity index (χ0) is 38.8. The van der Waals surface area contributed by atoms with Gasteiger partial charge < -0.3 is 0 Å². The molecule has 0 saturated heterocycles. The van der Waals surface area contributed by atoms with Crippen molar-refractivity contribution in [3.63, 3.8) is 0 Å². The molecule has 0 aliphatic heterocycles. The lowest BCUT2D eigenvalue weighted by molar-refractivity contribution is 0.660. The molecule has 3 heteroatoms. The number of rotatable bonds is 6. The zero-order valence-electron chi connectivity index (χ0n) is 32.4. The predicted molar refractivity (Wildman–Crippen MR) is 245 cm³/mol. The van der Waals surface area contributed by atoms with Crippen molar-refractivity contribution in [3.05, 3.63) is 210 Å². The van der Waals surface area contributed by atoms with Crippen LogP contribution in [0.5, 0.6) is 0 Å². The van der Waals surface area contributed by atoms with E-state index in [2.05, 4.69) is 166 Å². The van der Waals surface area contributed by atoms with E-state index in [9.17, 15) is 0 Å². The van der Waals surface area contributed by atoms with E-state index >= 15 is 0 Å². The van der Waals surface area contributed by atoms with Crippen molar-refractivity contribution in [2.75, 3.05) is 0 Å². The predicted octanol–water partition coefficient (Wildman–Crippen LogP) is 14.4. The molecule has 0 fully saturated rings. The fourth-order valence-electron chi connectivity index (χ4n) is 9.27. The highest BCUT2D eigenvalue weighted by molar-refractivity contribution is 5.94. The van der Waals surface area contributed by atoms with Gasteiger partial charge in [0.15, 0.2) is 17.5 Å². The SMILES string of the molecule is C.CC1(C)c2ccccc2-c2ccc(-c3cc(-c4ccccc4)cc4c3Cc3c(-c5cccc(-c6nc(-c7ccccc7)nc(-c7ccccc7)n6)c5)cccc3-4)cc21. The summed E-state index contributed by atoms with van der Waals surface area (Å²) in [6.45, 7) is 4.73. The molecule has 282 valence electrons. The highest BCUT2D eigenvalue weighted by atomic mass is 15.0. The van der Waals surface area contributed by atoms with Gasteiger partial charge in [-0.05, 0) is 109 Å². The Kier molecular flexibility index (Phi) is 8.76. The lowest BCUT2D eigenvalue weighted by atomic mass is 9.81. The molecular weight excluding hydrogens is 715 g/mol. The van der Waals surface area contributed by atoms with Gasteiger partial charge in [0.2, 0.25) is 0 Å². The molecule has 11 rings (SSSR count). The maximum atomic E-state index is 5.05. The molecule has 0 N–H and O–H groups in total. The standard InChI is InChI=1S/C55H39N3.CH4/c1-55(2)50-27-13-12-24-44(50)45-29-28-39(33-51(45)55)46-31-41(35-16-6-3-7-17-35)32-47-43-26-15-25-42(48(43)34-49(46)47)38-22-14-23-40(30-38)54-57-52(36-18-8-4-9-19-36)56-53(58-54)37-20-10-5-11-21-37;/h3-33H,34H2,1-2H3;1H4. The Bertz CT molecular complexity index is 2980. The van der Waals surface area contributed by atoms with E-state index in [0.29, 0.717) is 17.5 Å². The summed E-state index contributed by atoms with van der Waals surface area (Å²) in [6.07, 6.45) is 0.845.